The van der Waals surface area contributed by atoms with Crippen molar-refractivity contribution in [3.05, 3.63) is 53.7 Å². The monoisotopic (exact) mass is 339 g/mol. The highest BCUT2D eigenvalue weighted by atomic mass is 16.5. The predicted octanol–water partition coefficient (Wildman–Crippen LogP) is 3.29. The second kappa shape index (κ2) is 7.85. The minimum absolute atomic E-state index is 0.135. The summed E-state index contributed by atoms with van der Waals surface area (Å²) >= 11 is 0. The quantitative estimate of drug-likeness (QED) is 0.875. The zero-order valence-electron chi connectivity index (χ0n) is 14.4. The molecule has 0 saturated carbocycles. The molecule has 0 aliphatic carbocycles. The fraction of sp³-hybridized carbons (Fsp3) is 0.450. The lowest BCUT2D eigenvalue weighted by Gasteiger charge is -2.19. The molecule has 2 aromatic rings. The van der Waals surface area contributed by atoms with E-state index in [2.05, 4.69) is 39.9 Å². The molecule has 1 aromatic carbocycles. The van der Waals surface area contributed by atoms with Crippen molar-refractivity contribution in [2.24, 2.45) is 0 Å². The van der Waals surface area contributed by atoms with Gasteiger partial charge in [0.05, 0.1) is 13.2 Å². The Bertz CT molecular complexity index is 701. The Kier molecular flexibility index (Phi) is 5.14. The van der Waals surface area contributed by atoms with Gasteiger partial charge in [-0.15, -0.1) is 0 Å². The zero-order chi connectivity index (χ0) is 16.9. The average molecular weight is 339 g/mol. The molecule has 5 nitrogen and oxygen atoms in total. The summed E-state index contributed by atoms with van der Waals surface area (Å²) in [6.45, 7) is 3.28. The molecule has 132 valence electrons. The van der Waals surface area contributed by atoms with Crippen LogP contribution in [0.15, 0.2) is 42.6 Å². The van der Waals surface area contributed by atoms with Gasteiger partial charge in [0.15, 0.2) is 0 Å². The van der Waals surface area contributed by atoms with Crippen molar-refractivity contribution in [3.63, 3.8) is 0 Å². The Morgan fingerprint density at radius 2 is 2.20 bits per heavy atom. The van der Waals surface area contributed by atoms with Gasteiger partial charge in [-0.25, -0.2) is 4.98 Å². The normalized spacial score (nSPS) is 22.7. The number of benzene rings is 1. The number of anilines is 1. The molecule has 3 heterocycles. The van der Waals surface area contributed by atoms with Gasteiger partial charge >= 0.3 is 0 Å². The van der Waals surface area contributed by atoms with Gasteiger partial charge in [0, 0.05) is 43.5 Å². The lowest BCUT2D eigenvalue weighted by molar-refractivity contribution is 0.138. The van der Waals surface area contributed by atoms with E-state index in [1.165, 1.54) is 23.2 Å². The van der Waals surface area contributed by atoms with E-state index in [0.717, 1.165) is 32.5 Å². The van der Waals surface area contributed by atoms with Crippen molar-refractivity contribution in [1.82, 2.24) is 10.3 Å². The molecule has 0 radical (unpaired) electrons. The number of hydrogen-bond donors (Lipinski definition) is 2. The summed E-state index contributed by atoms with van der Waals surface area (Å²) in [5, 5.41) is 7.23. The van der Waals surface area contributed by atoms with Gasteiger partial charge in [-0.1, -0.05) is 18.2 Å². The smallest absolute Gasteiger partial charge is 0.213 e. The summed E-state index contributed by atoms with van der Waals surface area (Å²) < 4.78 is 11.3. The van der Waals surface area contributed by atoms with Crippen molar-refractivity contribution in [1.29, 1.82) is 0 Å². The molecule has 1 saturated heterocycles. The standard InChI is InChI=1S/C20H25N3O2/c1-2-5-18-17(4-1)19(6-3-9-21-18)23-13-15-7-10-22-20(12-15)25-16-8-11-24-14-16/h1-2,4-5,7,10,12,16,19,21,23H,3,6,8-9,11,13-14H2. The van der Waals surface area contributed by atoms with Crippen LogP contribution in [0.25, 0.3) is 0 Å². The number of rotatable bonds is 5. The molecular formula is C20H25N3O2. The van der Waals surface area contributed by atoms with Crippen LogP contribution in [0.3, 0.4) is 0 Å². The molecule has 25 heavy (non-hydrogen) atoms. The first-order valence-electron chi connectivity index (χ1n) is 9.14. The van der Waals surface area contributed by atoms with Gasteiger partial charge in [-0.2, -0.15) is 0 Å². The molecule has 2 N–H and O–H groups in total. The number of nitrogens with one attached hydrogen (secondary N) is 2. The first-order valence-corrected chi connectivity index (χ1v) is 9.14. The van der Waals surface area contributed by atoms with Crippen molar-refractivity contribution in [3.8, 4) is 5.88 Å². The Morgan fingerprint density at radius 1 is 1.24 bits per heavy atom. The highest BCUT2D eigenvalue weighted by molar-refractivity contribution is 5.53. The average Bonchev–Trinajstić information content (AvgIpc) is 3.06. The van der Waals surface area contributed by atoms with Gasteiger partial charge in [0.25, 0.3) is 0 Å². The number of aromatic nitrogens is 1. The summed E-state index contributed by atoms with van der Waals surface area (Å²) in [4.78, 5) is 4.33. The summed E-state index contributed by atoms with van der Waals surface area (Å²) in [5.41, 5.74) is 3.80. The number of para-hydroxylation sites is 1. The van der Waals surface area contributed by atoms with Crippen LogP contribution >= 0.6 is 0 Å². The van der Waals surface area contributed by atoms with E-state index in [1.807, 2.05) is 18.3 Å². The molecule has 2 aliphatic heterocycles. The lowest BCUT2D eigenvalue weighted by atomic mass is 10.0. The third-order valence-corrected chi connectivity index (χ3v) is 4.85. The van der Waals surface area contributed by atoms with Crippen molar-refractivity contribution in [2.75, 3.05) is 25.1 Å². The minimum Gasteiger partial charge on any atom is -0.472 e. The van der Waals surface area contributed by atoms with Crippen molar-refractivity contribution in [2.45, 2.75) is 38.0 Å². The summed E-state index contributed by atoms with van der Waals surface area (Å²) in [7, 11) is 0. The lowest BCUT2D eigenvalue weighted by Crippen LogP contribution is -2.21. The maximum atomic E-state index is 5.91. The molecule has 0 bridgehead atoms. The van der Waals surface area contributed by atoms with E-state index in [1.54, 1.807) is 0 Å². The fourth-order valence-corrected chi connectivity index (χ4v) is 3.50. The fourth-order valence-electron chi connectivity index (χ4n) is 3.50. The summed E-state index contributed by atoms with van der Waals surface area (Å²) in [6, 6.07) is 13.0. The number of ether oxygens (including phenoxy) is 2. The number of nitrogens with zero attached hydrogens (tertiary/aromatic N) is 1. The molecule has 2 unspecified atom stereocenters. The molecule has 1 fully saturated rings. The van der Waals surface area contributed by atoms with E-state index in [9.17, 15) is 0 Å². The molecule has 0 spiro atoms. The second-order valence-corrected chi connectivity index (χ2v) is 6.70. The first kappa shape index (κ1) is 16.4. The van der Waals surface area contributed by atoms with Crippen LogP contribution < -0.4 is 15.4 Å². The van der Waals surface area contributed by atoms with E-state index in [0.29, 0.717) is 18.5 Å². The summed E-state index contributed by atoms with van der Waals surface area (Å²) in [5.74, 6) is 0.692. The van der Waals surface area contributed by atoms with Crippen LogP contribution in [-0.2, 0) is 11.3 Å². The highest BCUT2D eigenvalue weighted by Gasteiger charge is 2.19. The van der Waals surface area contributed by atoms with Gasteiger partial charge in [0.1, 0.15) is 6.10 Å². The first-order chi connectivity index (χ1) is 12.4. The molecule has 4 rings (SSSR count). The topological polar surface area (TPSA) is 55.4 Å². The van der Waals surface area contributed by atoms with Gasteiger partial charge in [-0.05, 0) is 36.1 Å². The SMILES string of the molecule is c1ccc2c(c1)NCCCC2NCc1ccnc(OC2CCOC2)c1. The Labute approximate surface area is 148 Å². The molecule has 0 amide bonds. The van der Waals surface area contributed by atoms with Gasteiger partial charge in [0.2, 0.25) is 5.88 Å². The van der Waals surface area contributed by atoms with Crippen LogP contribution in [0.2, 0.25) is 0 Å². The van der Waals surface area contributed by atoms with Crippen molar-refractivity contribution < 1.29 is 9.47 Å². The van der Waals surface area contributed by atoms with Crippen LogP contribution in [0, 0.1) is 0 Å². The van der Waals surface area contributed by atoms with Crippen LogP contribution in [0.1, 0.15) is 36.4 Å². The number of hydrogen-bond acceptors (Lipinski definition) is 5. The largest absolute Gasteiger partial charge is 0.472 e. The maximum Gasteiger partial charge on any atom is 0.213 e. The zero-order valence-corrected chi connectivity index (χ0v) is 14.4. The molecule has 2 aliphatic rings. The second-order valence-electron chi connectivity index (χ2n) is 6.70. The highest BCUT2D eigenvalue weighted by Crippen LogP contribution is 2.29. The van der Waals surface area contributed by atoms with E-state index >= 15 is 0 Å². The van der Waals surface area contributed by atoms with Crippen LogP contribution in [0.4, 0.5) is 5.69 Å². The minimum atomic E-state index is 0.135. The third-order valence-electron chi connectivity index (χ3n) is 4.85. The number of fused-ring (bicyclic) bond motifs is 1. The van der Waals surface area contributed by atoms with E-state index in [4.69, 9.17) is 9.47 Å². The number of pyridine rings is 1. The van der Waals surface area contributed by atoms with Crippen LogP contribution in [0.5, 0.6) is 5.88 Å². The van der Waals surface area contributed by atoms with Crippen molar-refractivity contribution >= 4 is 5.69 Å². The van der Waals surface area contributed by atoms with Crippen LogP contribution in [-0.4, -0.2) is 30.8 Å². The Balaban J connectivity index is 1.41. The molecule has 2 atom stereocenters. The Hall–Kier alpha value is -2.11. The van der Waals surface area contributed by atoms with E-state index in [-0.39, 0.29) is 6.10 Å². The molecule has 5 heteroatoms. The van der Waals surface area contributed by atoms with Gasteiger partial charge < -0.3 is 20.1 Å². The Morgan fingerprint density at radius 3 is 3.12 bits per heavy atom. The van der Waals surface area contributed by atoms with Gasteiger partial charge in [-0.3, -0.25) is 0 Å². The third kappa shape index (κ3) is 4.11. The summed E-state index contributed by atoms with van der Waals surface area (Å²) in [6.07, 6.45) is 5.20. The maximum absolute atomic E-state index is 5.91. The van der Waals surface area contributed by atoms with E-state index < -0.39 is 0 Å². The predicted molar refractivity (Wildman–Crippen MR) is 97.8 cm³/mol. The molecule has 1 aromatic heterocycles. The molecular weight excluding hydrogens is 314 g/mol.